The minimum absolute atomic E-state index is 0.128. The van der Waals surface area contributed by atoms with Crippen molar-refractivity contribution in [3.05, 3.63) is 51.2 Å². The number of rotatable bonds is 5. The second kappa shape index (κ2) is 8.77. The molecule has 0 atom stereocenters. The van der Waals surface area contributed by atoms with Gasteiger partial charge in [-0.05, 0) is 48.3 Å². The topological polar surface area (TPSA) is 67.4 Å². The van der Waals surface area contributed by atoms with Crippen molar-refractivity contribution in [1.82, 2.24) is 5.32 Å². The van der Waals surface area contributed by atoms with Crippen LogP contribution in [-0.2, 0) is 4.74 Å². The van der Waals surface area contributed by atoms with E-state index >= 15 is 0 Å². The number of benzene rings is 1. The molecule has 24 heavy (non-hydrogen) atoms. The number of ether oxygens (including phenoxy) is 1. The molecule has 0 radical (unpaired) electrons. The van der Waals surface area contributed by atoms with Crippen molar-refractivity contribution in [3.8, 4) is 0 Å². The van der Waals surface area contributed by atoms with Gasteiger partial charge in [-0.15, -0.1) is 11.3 Å². The lowest BCUT2D eigenvalue weighted by Crippen LogP contribution is -2.33. The first-order chi connectivity index (χ1) is 11.5. The van der Waals surface area contributed by atoms with Crippen LogP contribution in [0.4, 0.5) is 5.69 Å². The molecule has 1 aromatic carbocycles. The van der Waals surface area contributed by atoms with E-state index in [0.717, 1.165) is 6.42 Å². The van der Waals surface area contributed by atoms with Gasteiger partial charge in [-0.25, -0.2) is 4.79 Å². The van der Waals surface area contributed by atoms with Crippen LogP contribution in [0.15, 0.2) is 35.7 Å². The molecule has 0 fully saturated rings. The van der Waals surface area contributed by atoms with E-state index < -0.39 is 5.97 Å². The lowest BCUT2D eigenvalue weighted by molar-refractivity contribution is 0.0505. The van der Waals surface area contributed by atoms with E-state index in [1.165, 1.54) is 17.4 Å². The molecule has 2 rings (SSSR count). The maximum Gasteiger partial charge on any atom is 0.339 e. The fraction of sp³-hybridized carbons (Fsp3) is 0.188. The fourth-order valence-electron chi connectivity index (χ4n) is 1.77. The summed E-state index contributed by atoms with van der Waals surface area (Å²) in [5.41, 5.74) is 0.766. The monoisotopic (exact) mass is 382 g/mol. The average molecular weight is 383 g/mol. The number of carbonyl (C=O) groups is 2. The fourth-order valence-corrected chi connectivity index (χ4v) is 2.79. The number of amides is 1. The van der Waals surface area contributed by atoms with Gasteiger partial charge < -0.3 is 10.1 Å². The lowest BCUT2D eigenvalue weighted by atomic mass is 10.2. The maximum atomic E-state index is 12.0. The Labute approximate surface area is 154 Å². The molecule has 0 spiro atoms. The second-order valence-corrected chi connectivity index (χ2v) is 6.48. The largest absolute Gasteiger partial charge is 0.462 e. The van der Waals surface area contributed by atoms with Crippen molar-refractivity contribution < 1.29 is 14.3 Å². The first-order valence-corrected chi connectivity index (χ1v) is 8.80. The third-order valence-corrected chi connectivity index (χ3v) is 4.26. The molecular formula is C16H15ClN2O3S2. The summed E-state index contributed by atoms with van der Waals surface area (Å²) in [4.78, 5) is 24.4. The van der Waals surface area contributed by atoms with Gasteiger partial charge in [0, 0.05) is 5.69 Å². The smallest absolute Gasteiger partial charge is 0.339 e. The highest BCUT2D eigenvalue weighted by molar-refractivity contribution is 7.80. The number of esters is 1. The second-order valence-electron chi connectivity index (χ2n) is 4.72. The molecule has 126 valence electrons. The molecule has 1 amide bonds. The Balaban J connectivity index is 2.03. The van der Waals surface area contributed by atoms with Crippen molar-refractivity contribution in [1.29, 1.82) is 0 Å². The third-order valence-electron chi connectivity index (χ3n) is 2.85. The van der Waals surface area contributed by atoms with Gasteiger partial charge in [-0.2, -0.15) is 0 Å². The summed E-state index contributed by atoms with van der Waals surface area (Å²) in [6, 6.07) is 8.23. The average Bonchev–Trinajstić information content (AvgIpc) is 3.09. The molecule has 2 aromatic rings. The van der Waals surface area contributed by atoms with Gasteiger partial charge in [0.15, 0.2) is 5.11 Å². The zero-order chi connectivity index (χ0) is 17.5. The van der Waals surface area contributed by atoms with Crippen molar-refractivity contribution in [2.45, 2.75) is 13.3 Å². The Kier molecular flexibility index (Phi) is 6.72. The zero-order valence-electron chi connectivity index (χ0n) is 12.8. The molecule has 5 nitrogen and oxygen atoms in total. The van der Waals surface area contributed by atoms with Gasteiger partial charge in [-0.1, -0.05) is 24.6 Å². The van der Waals surface area contributed by atoms with Gasteiger partial charge in [0.25, 0.3) is 5.91 Å². The first kappa shape index (κ1) is 18.4. The van der Waals surface area contributed by atoms with Gasteiger partial charge in [0.05, 0.1) is 22.1 Å². The number of hydrogen-bond acceptors (Lipinski definition) is 5. The number of carbonyl (C=O) groups excluding carboxylic acids is 2. The molecule has 0 saturated heterocycles. The molecule has 1 aromatic heterocycles. The van der Waals surface area contributed by atoms with Crippen LogP contribution >= 0.6 is 35.2 Å². The highest BCUT2D eigenvalue weighted by Gasteiger charge is 2.14. The Morgan fingerprint density at radius 3 is 2.79 bits per heavy atom. The van der Waals surface area contributed by atoms with E-state index in [0.29, 0.717) is 17.2 Å². The van der Waals surface area contributed by atoms with E-state index in [2.05, 4.69) is 10.6 Å². The highest BCUT2D eigenvalue weighted by Crippen LogP contribution is 2.21. The summed E-state index contributed by atoms with van der Waals surface area (Å²) in [5.74, 6) is -0.793. The summed E-state index contributed by atoms with van der Waals surface area (Å²) in [7, 11) is 0. The van der Waals surface area contributed by atoms with Crippen LogP contribution in [0.2, 0.25) is 5.02 Å². The van der Waals surface area contributed by atoms with Crippen LogP contribution in [-0.4, -0.2) is 23.6 Å². The van der Waals surface area contributed by atoms with Crippen molar-refractivity contribution in [2.75, 3.05) is 11.9 Å². The Morgan fingerprint density at radius 1 is 1.33 bits per heavy atom. The number of anilines is 1. The molecule has 8 heteroatoms. The van der Waals surface area contributed by atoms with E-state index in [4.69, 9.17) is 28.6 Å². The van der Waals surface area contributed by atoms with Gasteiger partial charge in [0.1, 0.15) is 0 Å². The Bertz CT molecular complexity index is 748. The quantitative estimate of drug-likeness (QED) is 0.602. The van der Waals surface area contributed by atoms with E-state index in [-0.39, 0.29) is 21.6 Å². The van der Waals surface area contributed by atoms with E-state index in [9.17, 15) is 9.59 Å². The van der Waals surface area contributed by atoms with E-state index in [1.54, 1.807) is 29.6 Å². The van der Waals surface area contributed by atoms with Crippen LogP contribution < -0.4 is 10.6 Å². The number of halogens is 1. The van der Waals surface area contributed by atoms with Crippen LogP contribution in [0.25, 0.3) is 0 Å². The highest BCUT2D eigenvalue weighted by atomic mass is 35.5. The molecule has 0 saturated carbocycles. The first-order valence-electron chi connectivity index (χ1n) is 7.13. The number of thiophene rings is 1. The van der Waals surface area contributed by atoms with Gasteiger partial charge in [0.2, 0.25) is 0 Å². The number of hydrogen-bond donors (Lipinski definition) is 2. The minimum atomic E-state index is -0.501. The maximum absolute atomic E-state index is 12.0. The molecule has 0 aliphatic rings. The van der Waals surface area contributed by atoms with Crippen LogP contribution in [0.1, 0.15) is 33.4 Å². The molecule has 1 heterocycles. The summed E-state index contributed by atoms with van der Waals surface area (Å²) in [6.45, 7) is 2.23. The molecule has 0 aliphatic carbocycles. The van der Waals surface area contributed by atoms with Crippen LogP contribution in [0, 0.1) is 0 Å². The molecule has 0 aliphatic heterocycles. The third kappa shape index (κ3) is 5.02. The van der Waals surface area contributed by atoms with Crippen molar-refractivity contribution in [3.63, 3.8) is 0 Å². The normalized spacial score (nSPS) is 10.1. The summed E-state index contributed by atoms with van der Waals surface area (Å²) in [6.07, 6.45) is 0.722. The van der Waals surface area contributed by atoms with Crippen molar-refractivity contribution >= 4 is 57.8 Å². The Hall–Kier alpha value is -1.96. The summed E-state index contributed by atoms with van der Waals surface area (Å²) in [5, 5.41) is 7.64. The standard InChI is InChI=1S/C16H15ClN2O3S2/c1-2-7-22-15(21)11-9-10(5-6-12(11)17)18-16(23)19-14(20)13-4-3-8-24-13/h3-6,8-9H,2,7H2,1H3,(H2,18,19,20,23). The van der Waals surface area contributed by atoms with E-state index in [1.807, 2.05) is 6.92 Å². The summed E-state index contributed by atoms with van der Waals surface area (Å²) < 4.78 is 5.08. The Morgan fingerprint density at radius 2 is 2.12 bits per heavy atom. The SMILES string of the molecule is CCCOC(=O)c1cc(NC(=S)NC(=O)c2cccs2)ccc1Cl. The molecule has 0 bridgehead atoms. The molecular weight excluding hydrogens is 368 g/mol. The van der Waals surface area contributed by atoms with Gasteiger partial charge in [-0.3, -0.25) is 10.1 Å². The molecule has 0 unspecified atom stereocenters. The predicted octanol–water partition coefficient (Wildman–Crippen LogP) is 4.10. The van der Waals surface area contributed by atoms with Gasteiger partial charge >= 0.3 is 5.97 Å². The van der Waals surface area contributed by atoms with Crippen molar-refractivity contribution in [2.24, 2.45) is 0 Å². The molecule has 2 N–H and O–H groups in total. The summed E-state index contributed by atoms with van der Waals surface area (Å²) >= 11 is 12.5. The van der Waals surface area contributed by atoms with Crippen LogP contribution in [0.3, 0.4) is 0 Å². The predicted molar refractivity (Wildman–Crippen MR) is 100 cm³/mol. The zero-order valence-corrected chi connectivity index (χ0v) is 15.2. The van der Waals surface area contributed by atoms with Crippen LogP contribution in [0.5, 0.6) is 0 Å². The number of thiocarbonyl (C=S) groups is 1. The lowest BCUT2D eigenvalue weighted by Gasteiger charge is -2.11. The minimum Gasteiger partial charge on any atom is -0.462 e. The number of nitrogens with one attached hydrogen (secondary N) is 2.